The summed E-state index contributed by atoms with van der Waals surface area (Å²) in [6, 6.07) is 3.27. The number of thioether (sulfide) groups is 1. The van der Waals surface area contributed by atoms with Crippen molar-refractivity contribution in [3.63, 3.8) is 0 Å². The highest BCUT2D eigenvalue weighted by atomic mass is 32.2. The van der Waals surface area contributed by atoms with Crippen molar-refractivity contribution in [3.8, 4) is 0 Å². The number of likely N-dealkylation sites (tertiary alicyclic amines) is 1. The Balaban J connectivity index is 2.01. The molecule has 0 bridgehead atoms. The molecule has 1 fully saturated rings. The van der Waals surface area contributed by atoms with Gasteiger partial charge in [-0.15, -0.1) is 11.3 Å². The third-order valence-corrected chi connectivity index (χ3v) is 5.96. The summed E-state index contributed by atoms with van der Waals surface area (Å²) in [6.45, 7) is 3.70. The first-order chi connectivity index (χ1) is 10.9. The molecule has 2 heterocycles. The molecule has 1 aromatic heterocycles. The number of aliphatic carboxylic acids is 1. The van der Waals surface area contributed by atoms with Crippen molar-refractivity contribution in [2.45, 2.75) is 32.7 Å². The Labute approximate surface area is 144 Å². The molecule has 0 aromatic carbocycles. The molecule has 126 valence electrons. The second kappa shape index (κ2) is 7.97. The first-order valence-corrected chi connectivity index (χ1v) is 9.44. The highest BCUT2D eigenvalue weighted by Gasteiger charge is 2.40. The molecule has 0 spiro atoms. The van der Waals surface area contributed by atoms with Crippen molar-refractivity contribution in [1.82, 2.24) is 4.90 Å². The van der Waals surface area contributed by atoms with Crippen molar-refractivity contribution < 1.29 is 19.5 Å². The topological polar surface area (TPSA) is 74.7 Å². The maximum Gasteiger partial charge on any atom is 0.326 e. The maximum atomic E-state index is 12.6. The van der Waals surface area contributed by atoms with Gasteiger partial charge in [-0.3, -0.25) is 9.59 Å². The van der Waals surface area contributed by atoms with Gasteiger partial charge in [-0.05, 0) is 30.2 Å². The fourth-order valence-electron chi connectivity index (χ4n) is 2.86. The van der Waals surface area contributed by atoms with Gasteiger partial charge in [0, 0.05) is 30.0 Å². The van der Waals surface area contributed by atoms with E-state index < -0.39 is 12.0 Å². The van der Waals surface area contributed by atoms with Crippen LogP contribution in [-0.4, -0.2) is 45.3 Å². The van der Waals surface area contributed by atoms with Crippen LogP contribution < -0.4 is 0 Å². The van der Waals surface area contributed by atoms with E-state index >= 15 is 0 Å². The van der Waals surface area contributed by atoms with Crippen LogP contribution >= 0.6 is 23.1 Å². The molecule has 1 aromatic rings. The molecule has 1 N–H and O–H groups in total. The summed E-state index contributed by atoms with van der Waals surface area (Å²) < 4.78 is 0. The molecule has 2 rings (SSSR count). The van der Waals surface area contributed by atoms with Gasteiger partial charge in [0.1, 0.15) is 6.04 Å². The van der Waals surface area contributed by atoms with Gasteiger partial charge in [0.2, 0.25) is 5.91 Å². The van der Waals surface area contributed by atoms with Crippen LogP contribution in [0.5, 0.6) is 0 Å². The van der Waals surface area contributed by atoms with Gasteiger partial charge in [-0.2, -0.15) is 0 Å². The van der Waals surface area contributed by atoms with Crippen LogP contribution in [0.1, 0.15) is 25.1 Å². The number of carbonyl (C=O) groups excluding carboxylic acids is 2. The number of hydrogen-bond donors (Lipinski definition) is 1. The van der Waals surface area contributed by atoms with Gasteiger partial charge in [0.15, 0.2) is 5.12 Å². The number of rotatable bonds is 6. The fraction of sp³-hybridized carbons (Fsp3) is 0.562. The Hall–Kier alpha value is -1.34. The summed E-state index contributed by atoms with van der Waals surface area (Å²) in [7, 11) is 0. The molecule has 7 heteroatoms. The van der Waals surface area contributed by atoms with E-state index in [-0.39, 0.29) is 22.9 Å². The van der Waals surface area contributed by atoms with E-state index in [2.05, 4.69) is 0 Å². The summed E-state index contributed by atoms with van der Waals surface area (Å²) in [5.74, 6) is -0.900. The zero-order chi connectivity index (χ0) is 17.0. The summed E-state index contributed by atoms with van der Waals surface area (Å²) in [6.07, 6.45) is 1.30. The quantitative estimate of drug-likeness (QED) is 0.849. The average molecular weight is 355 g/mol. The van der Waals surface area contributed by atoms with Crippen molar-refractivity contribution in [3.05, 3.63) is 22.4 Å². The number of carboxylic acids is 1. The Morgan fingerprint density at radius 3 is 2.78 bits per heavy atom. The lowest BCUT2D eigenvalue weighted by Crippen LogP contribution is -2.43. The minimum Gasteiger partial charge on any atom is -0.480 e. The van der Waals surface area contributed by atoms with Crippen LogP contribution in [0, 0.1) is 11.8 Å². The predicted molar refractivity (Wildman–Crippen MR) is 91.6 cm³/mol. The first kappa shape index (κ1) is 18.0. The van der Waals surface area contributed by atoms with Crippen LogP contribution in [0.15, 0.2) is 17.5 Å². The van der Waals surface area contributed by atoms with Crippen molar-refractivity contribution in [2.24, 2.45) is 11.8 Å². The van der Waals surface area contributed by atoms with Crippen LogP contribution in [0.25, 0.3) is 0 Å². The normalized spacial score (nSPS) is 22.1. The molecule has 23 heavy (non-hydrogen) atoms. The first-order valence-electron chi connectivity index (χ1n) is 7.57. The highest BCUT2D eigenvalue weighted by Crippen LogP contribution is 2.29. The SMILES string of the molecule is CC(=O)SCC(C)C(=O)N1CC(Cc2cccs2)C[C@H]1C(=O)O. The molecule has 1 amide bonds. The van der Waals surface area contributed by atoms with Gasteiger partial charge in [0.25, 0.3) is 0 Å². The second-order valence-electron chi connectivity index (χ2n) is 5.93. The zero-order valence-corrected chi connectivity index (χ0v) is 14.9. The van der Waals surface area contributed by atoms with E-state index in [4.69, 9.17) is 0 Å². The van der Waals surface area contributed by atoms with Gasteiger partial charge in [0.05, 0.1) is 0 Å². The second-order valence-corrected chi connectivity index (χ2v) is 8.16. The number of thiophene rings is 1. The lowest BCUT2D eigenvalue weighted by molar-refractivity contribution is -0.149. The Morgan fingerprint density at radius 2 is 2.22 bits per heavy atom. The molecule has 1 aliphatic heterocycles. The van der Waals surface area contributed by atoms with Gasteiger partial charge >= 0.3 is 5.97 Å². The Morgan fingerprint density at radius 1 is 1.48 bits per heavy atom. The number of amides is 1. The predicted octanol–water partition coefficient (Wildman–Crippen LogP) is 2.51. The third-order valence-electron chi connectivity index (χ3n) is 3.98. The van der Waals surface area contributed by atoms with Crippen molar-refractivity contribution in [1.29, 1.82) is 0 Å². The summed E-state index contributed by atoms with van der Waals surface area (Å²) in [5, 5.41) is 11.4. The molecular weight excluding hydrogens is 334 g/mol. The van der Waals surface area contributed by atoms with E-state index in [0.717, 1.165) is 18.2 Å². The maximum absolute atomic E-state index is 12.6. The minimum absolute atomic E-state index is 0.0311. The highest BCUT2D eigenvalue weighted by molar-refractivity contribution is 8.13. The minimum atomic E-state index is -0.946. The summed E-state index contributed by atoms with van der Waals surface area (Å²) >= 11 is 2.76. The molecule has 0 saturated carbocycles. The number of carboxylic acid groups (broad SMARTS) is 1. The van der Waals surface area contributed by atoms with E-state index in [1.807, 2.05) is 17.5 Å². The Kier molecular flexibility index (Phi) is 6.24. The number of hydrogen-bond acceptors (Lipinski definition) is 5. The van der Waals surface area contributed by atoms with Crippen LogP contribution in [0.2, 0.25) is 0 Å². The van der Waals surface area contributed by atoms with Crippen LogP contribution in [0.3, 0.4) is 0 Å². The van der Waals surface area contributed by atoms with E-state index in [0.29, 0.717) is 18.7 Å². The van der Waals surface area contributed by atoms with Crippen molar-refractivity contribution in [2.75, 3.05) is 12.3 Å². The zero-order valence-electron chi connectivity index (χ0n) is 13.2. The molecule has 5 nitrogen and oxygen atoms in total. The summed E-state index contributed by atoms with van der Waals surface area (Å²) in [4.78, 5) is 37.8. The van der Waals surface area contributed by atoms with Gasteiger partial charge in [-0.1, -0.05) is 24.8 Å². The van der Waals surface area contributed by atoms with Crippen LogP contribution in [-0.2, 0) is 20.8 Å². The smallest absolute Gasteiger partial charge is 0.326 e. The number of carbonyl (C=O) groups is 3. The molecule has 0 aliphatic carbocycles. The molecule has 1 saturated heterocycles. The molecular formula is C16H21NO4S2. The lowest BCUT2D eigenvalue weighted by Gasteiger charge is -2.24. The van der Waals surface area contributed by atoms with Crippen LogP contribution in [0.4, 0.5) is 0 Å². The summed E-state index contributed by atoms with van der Waals surface area (Å²) in [5.41, 5.74) is 0. The van der Waals surface area contributed by atoms with Gasteiger partial charge in [-0.25, -0.2) is 4.79 Å². The monoisotopic (exact) mass is 355 g/mol. The lowest BCUT2D eigenvalue weighted by atomic mass is 10.0. The fourth-order valence-corrected chi connectivity index (χ4v) is 4.31. The standard InChI is InChI=1S/C16H21NO4S2/c1-10(9-23-11(2)18)15(19)17-8-12(7-14(17)16(20)21)6-13-4-3-5-22-13/h3-5,10,12,14H,6-9H2,1-2H3,(H,20,21)/t10?,12?,14-/m0/s1. The molecule has 2 unspecified atom stereocenters. The molecule has 3 atom stereocenters. The number of nitrogens with zero attached hydrogens (tertiary/aromatic N) is 1. The largest absolute Gasteiger partial charge is 0.480 e. The van der Waals surface area contributed by atoms with E-state index in [9.17, 15) is 19.5 Å². The van der Waals surface area contributed by atoms with Crippen molar-refractivity contribution >= 4 is 40.1 Å². The van der Waals surface area contributed by atoms with E-state index in [1.54, 1.807) is 18.3 Å². The molecule has 1 aliphatic rings. The Bertz CT molecular complexity index is 573. The average Bonchev–Trinajstić information content (AvgIpc) is 3.13. The molecule has 0 radical (unpaired) electrons. The van der Waals surface area contributed by atoms with Gasteiger partial charge < -0.3 is 10.0 Å². The third kappa shape index (κ3) is 4.81. The van der Waals surface area contributed by atoms with E-state index in [1.165, 1.54) is 16.7 Å².